The maximum Gasteiger partial charge on any atom is 0.255 e. The molecule has 1 aliphatic heterocycles. The molecule has 2 aromatic carbocycles. The highest BCUT2D eigenvalue weighted by Gasteiger charge is 2.31. The number of aromatic nitrogens is 2. The largest absolute Gasteiger partial charge is 0.496 e. The van der Waals surface area contributed by atoms with Crippen molar-refractivity contribution < 1.29 is 9.53 Å². The summed E-state index contributed by atoms with van der Waals surface area (Å²) in [5.41, 5.74) is 3.23. The molecule has 3 aromatic rings. The minimum atomic E-state index is -0.0118. The van der Waals surface area contributed by atoms with Gasteiger partial charge in [-0.25, -0.2) is 0 Å². The SMILES string of the molecule is COc1ccc(C2SCCN2C(=O)c2ccc3nccnc3c2)cc1Br. The van der Waals surface area contributed by atoms with Crippen LogP contribution in [0.1, 0.15) is 21.3 Å². The van der Waals surface area contributed by atoms with Crippen molar-refractivity contribution in [1.29, 1.82) is 0 Å². The third kappa shape index (κ3) is 3.17. The first-order valence-electron chi connectivity index (χ1n) is 8.14. The lowest BCUT2D eigenvalue weighted by Crippen LogP contribution is -2.30. The van der Waals surface area contributed by atoms with Crippen molar-refractivity contribution >= 4 is 44.6 Å². The average Bonchev–Trinajstić information content (AvgIpc) is 3.16. The fourth-order valence-corrected chi connectivity index (χ4v) is 4.86. The number of rotatable bonds is 3. The number of carbonyl (C=O) groups excluding carboxylic acids is 1. The van der Waals surface area contributed by atoms with E-state index in [1.165, 1.54) is 0 Å². The van der Waals surface area contributed by atoms with Crippen LogP contribution in [0.15, 0.2) is 53.3 Å². The first-order valence-corrected chi connectivity index (χ1v) is 9.98. The summed E-state index contributed by atoms with van der Waals surface area (Å²) < 4.78 is 6.19. The number of benzene rings is 2. The fraction of sp³-hybridized carbons (Fsp3) is 0.211. The molecular weight excluding hydrogens is 414 g/mol. The normalized spacial score (nSPS) is 16.8. The first-order chi connectivity index (χ1) is 12.7. The van der Waals surface area contributed by atoms with Gasteiger partial charge in [0.15, 0.2) is 0 Å². The molecule has 5 nitrogen and oxygen atoms in total. The molecule has 132 valence electrons. The van der Waals surface area contributed by atoms with Crippen LogP contribution in [0, 0.1) is 0 Å². The molecule has 2 heterocycles. The molecule has 1 unspecified atom stereocenters. The maximum atomic E-state index is 13.1. The summed E-state index contributed by atoms with van der Waals surface area (Å²) in [4.78, 5) is 23.6. The number of amides is 1. The smallest absolute Gasteiger partial charge is 0.255 e. The molecule has 1 atom stereocenters. The molecule has 7 heteroatoms. The zero-order chi connectivity index (χ0) is 18.1. The van der Waals surface area contributed by atoms with Gasteiger partial charge < -0.3 is 9.64 Å². The van der Waals surface area contributed by atoms with E-state index in [1.54, 1.807) is 31.3 Å². The zero-order valence-corrected chi connectivity index (χ0v) is 16.5. The lowest BCUT2D eigenvalue weighted by molar-refractivity contribution is 0.0760. The maximum absolute atomic E-state index is 13.1. The highest BCUT2D eigenvalue weighted by atomic mass is 79.9. The first kappa shape index (κ1) is 17.3. The summed E-state index contributed by atoms with van der Waals surface area (Å²) in [6, 6.07) is 11.4. The number of thioether (sulfide) groups is 1. The van der Waals surface area contributed by atoms with Crippen molar-refractivity contribution in [3.63, 3.8) is 0 Å². The van der Waals surface area contributed by atoms with Crippen LogP contribution in [0.3, 0.4) is 0 Å². The quantitative estimate of drug-likeness (QED) is 0.621. The number of halogens is 1. The molecule has 0 bridgehead atoms. The highest BCUT2D eigenvalue weighted by molar-refractivity contribution is 9.10. The molecule has 0 saturated carbocycles. The molecule has 4 rings (SSSR count). The van der Waals surface area contributed by atoms with Crippen LogP contribution in [-0.4, -0.2) is 40.2 Å². The third-order valence-electron chi connectivity index (χ3n) is 4.33. The Labute approximate surface area is 163 Å². The van der Waals surface area contributed by atoms with E-state index in [2.05, 4.69) is 25.9 Å². The summed E-state index contributed by atoms with van der Waals surface area (Å²) in [5, 5.41) is -0.0118. The number of ether oxygens (including phenoxy) is 1. The Morgan fingerprint density at radius 3 is 2.77 bits per heavy atom. The van der Waals surface area contributed by atoms with Crippen molar-refractivity contribution in [1.82, 2.24) is 14.9 Å². The minimum absolute atomic E-state index is 0.0118. The minimum Gasteiger partial charge on any atom is -0.496 e. The van der Waals surface area contributed by atoms with Gasteiger partial charge in [0.1, 0.15) is 11.1 Å². The molecule has 0 N–H and O–H groups in total. The van der Waals surface area contributed by atoms with Gasteiger partial charge in [-0.15, -0.1) is 11.8 Å². The van der Waals surface area contributed by atoms with Crippen LogP contribution in [-0.2, 0) is 0 Å². The number of hydrogen-bond donors (Lipinski definition) is 0. The number of hydrogen-bond acceptors (Lipinski definition) is 5. The molecule has 1 fully saturated rings. The van der Waals surface area contributed by atoms with Gasteiger partial charge in [-0.1, -0.05) is 6.07 Å². The zero-order valence-electron chi connectivity index (χ0n) is 14.1. The Balaban J connectivity index is 1.64. The molecule has 1 aliphatic rings. The van der Waals surface area contributed by atoms with Gasteiger partial charge in [0.2, 0.25) is 0 Å². The average molecular weight is 430 g/mol. The summed E-state index contributed by atoms with van der Waals surface area (Å²) in [6.45, 7) is 0.719. The van der Waals surface area contributed by atoms with E-state index in [-0.39, 0.29) is 11.3 Å². The van der Waals surface area contributed by atoms with Gasteiger partial charge in [-0.2, -0.15) is 0 Å². The van der Waals surface area contributed by atoms with Crippen LogP contribution in [0.2, 0.25) is 0 Å². The Morgan fingerprint density at radius 2 is 2.00 bits per heavy atom. The van der Waals surface area contributed by atoms with Gasteiger partial charge in [0.05, 0.1) is 22.6 Å². The summed E-state index contributed by atoms with van der Waals surface area (Å²) in [5.74, 6) is 1.70. The van der Waals surface area contributed by atoms with Gasteiger partial charge in [-0.05, 0) is 51.8 Å². The lowest BCUT2D eigenvalue weighted by atomic mass is 10.1. The summed E-state index contributed by atoms with van der Waals surface area (Å²) >= 11 is 5.30. The second-order valence-electron chi connectivity index (χ2n) is 5.88. The number of methoxy groups -OCH3 is 1. The van der Waals surface area contributed by atoms with E-state index >= 15 is 0 Å². The summed E-state index contributed by atoms with van der Waals surface area (Å²) in [6.07, 6.45) is 3.29. The standard InChI is InChI=1S/C19H16BrN3O2S/c1-25-17-5-3-13(10-14(17)20)19-23(8-9-26-19)18(24)12-2-4-15-16(11-12)22-7-6-21-15/h2-7,10-11,19H,8-9H2,1H3. The molecule has 0 radical (unpaired) electrons. The molecule has 1 saturated heterocycles. The van der Waals surface area contributed by atoms with Crippen molar-refractivity contribution in [2.45, 2.75) is 5.37 Å². The molecule has 26 heavy (non-hydrogen) atoms. The Morgan fingerprint density at radius 1 is 1.19 bits per heavy atom. The fourth-order valence-electron chi connectivity index (χ4n) is 3.05. The van der Waals surface area contributed by atoms with E-state index in [0.717, 1.165) is 39.1 Å². The summed E-state index contributed by atoms with van der Waals surface area (Å²) in [7, 11) is 1.64. The van der Waals surface area contributed by atoms with Crippen LogP contribution in [0.4, 0.5) is 0 Å². The van der Waals surface area contributed by atoms with Crippen molar-refractivity contribution in [3.8, 4) is 5.75 Å². The monoisotopic (exact) mass is 429 g/mol. The van der Waals surface area contributed by atoms with Gasteiger partial charge in [-0.3, -0.25) is 14.8 Å². The Kier molecular flexibility index (Phi) is 4.82. The second-order valence-corrected chi connectivity index (χ2v) is 7.92. The van der Waals surface area contributed by atoms with E-state index < -0.39 is 0 Å². The lowest BCUT2D eigenvalue weighted by Gasteiger charge is -2.24. The second kappa shape index (κ2) is 7.25. The van der Waals surface area contributed by atoms with Crippen LogP contribution >= 0.6 is 27.7 Å². The van der Waals surface area contributed by atoms with E-state index in [1.807, 2.05) is 41.3 Å². The Hall–Kier alpha value is -2.12. The van der Waals surface area contributed by atoms with Gasteiger partial charge >= 0.3 is 0 Å². The van der Waals surface area contributed by atoms with E-state index in [4.69, 9.17) is 4.74 Å². The predicted octanol–water partition coefficient (Wildman–Crippen LogP) is 4.29. The van der Waals surface area contributed by atoms with Crippen molar-refractivity contribution in [3.05, 3.63) is 64.4 Å². The number of fused-ring (bicyclic) bond motifs is 1. The molecule has 0 aliphatic carbocycles. The van der Waals surface area contributed by atoms with E-state index in [0.29, 0.717) is 5.56 Å². The van der Waals surface area contributed by atoms with E-state index in [9.17, 15) is 4.79 Å². The van der Waals surface area contributed by atoms with Crippen molar-refractivity contribution in [2.75, 3.05) is 19.4 Å². The van der Waals surface area contributed by atoms with Gasteiger partial charge in [0, 0.05) is 30.3 Å². The molecule has 1 amide bonds. The number of nitrogens with zero attached hydrogens (tertiary/aromatic N) is 3. The predicted molar refractivity (Wildman–Crippen MR) is 106 cm³/mol. The third-order valence-corrected chi connectivity index (χ3v) is 6.21. The number of carbonyl (C=O) groups is 1. The molecule has 0 spiro atoms. The van der Waals surface area contributed by atoms with Crippen LogP contribution in [0.25, 0.3) is 11.0 Å². The Bertz CT molecular complexity index is 982. The topological polar surface area (TPSA) is 55.3 Å². The molecule has 1 aromatic heterocycles. The van der Waals surface area contributed by atoms with Crippen LogP contribution in [0.5, 0.6) is 5.75 Å². The van der Waals surface area contributed by atoms with Crippen LogP contribution < -0.4 is 4.74 Å². The van der Waals surface area contributed by atoms with Crippen molar-refractivity contribution in [2.24, 2.45) is 0 Å². The highest BCUT2D eigenvalue weighted by Crippen LogP contribution is 2.41. The molecular formula is C19H16BrN3O2S. The van der Waals surface area contributed by atoms with Gasteiger partial charge in [0.25, 0.3) is 5.91 Å².